The predicted octanol–water partition coefficient (Wildman–Crippen LogP) is 2.81. The third kappa shape index (κ3) is 3.14. The summed E-state index contributed by atoms with van der Waals surface area (Å²) in [6.45, 7) is 1.98. The summed E-state index contributed by atoms with van der Waals surface area (Å²) in [5, 5.41) is 10.8. The molecule has 0 bridgehead atoms. The number of aromatic nitrogens is 2. The van der Waals surface area contributed by atoms with Gasteiger partial charge >= 0.3 is 0 Å². The van der Waals surface area contributed by atoms with Gasteiger partial charge in [0, 0.05) is 12.3 Å². The van der Waals surface area contributed by atoms with Gasteiger partial charge in [0.2, 0.25) is 0 Å². The number of carbonyl (C=O) groups is 1. The molecule has 1 N–H and O–H groups in total. The smallest absolute Gasteiger partial charge is 0.296 e. The van der Waals surface area contributed by atoms with Crippen LogP contribution in [0.3, 0.4) is 0 Å². The van der Waals surface area contributed by atoms with E-state index in [2.05, 4.69) is 4.98 Å². The van der Waals surface area contributed by atoms with Crippen LogP contribution in [0.5, 0.6) is 0 Å². The fraction of sp³-hybridized carbons (Fsp3) is 0.350. The van der Waals surface area contributed by atoms with Gasteiger partial charge in [0.15, 0.2) is 11.4 Å². The fourth-order valence-corrected chi connectivity index (χ4v) is 3.70. The van der Waals surface area contributed by atoms with Crippen molar-refractivity contribution in [2.45, 2.75) is 44.8 Å². The molecule has 7 nitrogen and oxygen atoms in total. The van der Waals surface area contributed by atoms with E-state index in [9.17, 15) is 14.8 Å². The number of benzene rings is 1. The van der Waals surface area contributed by atoms with Crippen molar-refractivity contribution < 1.29 is 14.7 Å². The van der Waals surface area contributed by atoms with E-state index < -0.39 is 11.5 Å². The first kappa shape index (κ1) is 17.5. The molecule has 2 heterocycles. The van der Waals surface area contributed by atoms with Gasteiger partial charge in [-0.25, -0.2) is 10.0 Å². The Morgan fingerprint density at radius 2 is 2.00 bits per heavy atom. The Labute approximate surface area is 156 Å². The number of hydrogen-bond acceptors (Lipinski definition) is 5. The van der Waals surface area contributed by atoms with Gasteiger partial charge in [-0.1, -0.05) is 29.8 Å². The SMILES string of the molecule is Cc1ccc(CN(O)C(=O)c2cc(=O)n3c(n2)C2(CCCC2)OC=C3)cc1. The Bertz CT molecular complexity index is 956. The summed E-state index contributed by atoms with van der Waals surface area (Å²) in [6.07, 6.45) is 6.47. The summed E-state index contributed by atoms with van der Waals surface area (Å²) in [7, 11) is 0. The van der Waals surface area contributed by atoms with E-state index in [1.54, 1.807) is 0 Å². The van der Waals surface area contributed by atoms with Gasteiger partial charge < -0.3 is 4.74 Å². The summed E-state index contributed by atoms with van der Waals surface area (Å²) in [5.41, 5.74) is 0.768. The van der Waals surface area contributed by atoms with Crippen LogP contribution in [0.2, 0.25) is 0 Å². The Kier molecular flexibility index (Phi) is 4.31. The van der Waals surface area contributed by atoms with Crippen LogP contribution < -0.4 is 5.56 Å². The molecule has 140 valence electrons. The second-order valence-corrected chi connectivity index (χ2v) is 7.13. The molecule has 1 aliphatic carbocycles. The van der Waals surface area contributed by atoms with Crippen LogP contribution >= 0.6 is 0 Å². The molecular weight excluding hydrogens is 346 g/mol. The topological polar surface area (TPSA) is 84.7 Å². The van der Waals surface area contributed by atoms with Crippen molar-refractivity contribution >= 4 is 12.1 Å². The minimum atomic E-state index is -0.709. The van der Waals surface area contributed by atoms with Crippen molar-refractivity contribution in [1.29, 1.82) is 0 Å². The molecule has 0 radical (unpaired) electrons. The lowest BCUT2D eigenvalue weighted by atomic mass is 9.99. The van der Waals surface area contributed by atoms with Gasteiger partial charge in [-0.15, -0.1) is 0 Å². The maximum Gasteiger partial charge on any atom is 0.296 e. The number of carbonyl (C=O) groups excluding carboxylic acids is 1. The molecule has 27 heavy (non-hydrogen) atoms. The third-order valence-electron chi connectivity index (χ3n) is 5.18. The largest absolute Gasteiger partial charge is 0.485 e. The van der Waals surface area contributed by atoms with E-state index in [4.69, 9.17) is 4.74 Å². The quantitative estimate of drug-likeness (QED) is 0.666. The second kappa shape index (κ2) is 6.66. The number of hydrogen-bond donors (Lipinski definition) is 1. The van der Waals surface area contributed by atoms with Crippen LogP contribution in [0.15, 0.2) is 41.4 Å². The molecule has 1 aliphatic heterocycles. The maximum absolute atomic E-state index is 12.7. The van der Waals surface area contributed by atoms with Crippen molar-refractivity contribution in [3.63, 3.8) is 0 Å². The molecule has 7 heteroatoms. The molecule has 0 saturated heterocycles. The van der Waals surface area contributed by atoms with Crippen LogP contribution in [0, 0.1) is 6.92 Å². The number of amides is 1. The normalized spacial score (nSPS) is 16.8. The molecule has 0 atom stereocenters. The molecule has 1 saturated carbocycles. The lowest BCUT2D eigenvalue weighted by Crippen LogP contribution is -2.39. The summed E-state index contributed by atoms with van der Waals surface area (Å²) in [6, 6.07) is 8.65. The van der Waals surface area contributed by atoms with Gasteiger partial charge in [-0.3, -0.25) is 19.4 Å². The van der Waals surface area contributed by atoms with E-state index in [0.717, 1.165) is 42.9 Å². The van der Waals surface area contributed by atoms with E-state index in [1.165, 1.54) is 17.0 Å². The minimum Gasteiger partial charge on any atom is -0.485 e. The van der Waals surface area contributed by atoms with Crippen LogP contribution in [0.25, 0.3) is 6.20 Å². The molecule has 1 aromatic heterocycles. The predicted molar refractivity (Wildman–Crippen MR) is 97.9 cm³/mol. The zero-order chi connectivity index (χ0) is 19.0. The van der Waals surface area contributed by atoms with Gasteiger partial charge in [0.1, 0.15) is 12.0 Å². The van der Waals surface area contributed by atoms with Gasteiger partial charge in [-0.2, -0.15) is 0 Å². The van der Waals surface area contributed by atoms with Crippen LogP contribution in [0.4, 0.5) is 0 Å². The lowest BCUT2D eigenvalue weighted by molar-refractivity contribution is -0.0654. The summed E-state index contributed by atoms with van der Waals surface area (Å²) < 4.78 is 7.24. The average molecular weight is 367 g/mol. The number of ether oxygens (including phenoxy) is 1. The Morgan fingerprint density at radius 3 is 2.70 bits per heavy atom. The highest BCUT2D eigenvalue weighted by Gasteiger charge is 2.43. The minimum absolute atomic E-state index is 0.0146. The monoisotopic (exact) mass is 367 g/mol. The molecule has 1 fully saturated rings. The molecule has 1 spiro atoms. The van der Waals surface area contributed by atoms with Crippen LogP contribution in [0.1, 0.15) is 53.1 Å². The van der Waals surface area contributed by atoms with Gasteiger partial charge in [0.25, 0.3) is 11.5 Å². The molecule has 0 unspecified atom stereocenters. The average Bonchev–Trinajstić information content (AvgIpc) is 3.13. The first-order chi connectivity index (χ1) is 13.0. The van der Waals surface area contributed by atoms with E-state index in [1.807, 2.05) is 31.2 Å². The number of nitrogens with zero attached hydrogens (tertiary/aromatic N) is 3. The number of aryl methyl sites for hydroxylation is 1. The Morgan fingerprint density at radius 1 is 1.30 bits per heavy atom. The highest BCUT2D eigenvalue weighted by molar-refractivity contribution is 5.91. The van der Waals surface area contributed by atoms with E-state index in [-0.39, 0.29) is 17.8 Å². The highest BCUT2D eigenvalue weighted by Crippen LogP contribution is 2.42. The molecule has 2 aromatic rings. The third-order valence-corrected chi connectivity index (χ3v) is 5.18. The van der Waals surface area contributed by atoms with Crippen molar-refractivity contribution in [2.75, 3.05) is 0 Å². The van der Waals surface area contributed by atoms with Crippen molar-refractivity contribution in [1.82, 2.24) is 14.6 Å². The maximum atomic E-state index is 12.7. The zero-order valence-electron chi connectivity index (χ0n) is 15.1. The van der Waals surface area contributed by atoms with Crippen LogP contribution in [-0.2, 0) is 16.9 Å². The fourth-order valence-electron chi connectivity index (χ4n) is 3.70. The van der Waals surface area contributed by atoms with Gasteiger partial charge in [0.05, 0.1) is 6.54 Å². The summed E-state index contributed by atoms with van der Waals surface area (Å²) >= 11 is 0. The van der Waals surface area contributed by atoms with Crippen LogP contribution in [-0.4, -0.2) is 25.7 Å². The first-order valence-electron chi connectivity index (χ1n) is 9.03. The number of rotatable bonds is 3. The molecule has 4 rings (SSSR count). The summed E-state index contributed by atoms with van der Waals surface area (Å²) in [5.74, 6) is -0.277. The van der Waals surface area contributed by atoms with E-state index >= 15 is 0 Å². The van der Waals surface area contributed by atoms with E-state index in [0.29, 0.717) is 10.9 Å². The first-order valence-corrected chi connectivity index (χ1v) is 9.03. The number of hydroxylamine groups is 2. The zero-order valence-corrected chi connectivity index (χ0v) is 15.1. The number of fused-ring (bicyclic) bond motifs is 2. The lowest BCUT2D eigenvalue weighted by Gasteiger charge is -2.32. The second-order valence-electron chi connectivity index (χ2n) is 7.13. The Hall–Kier alpha value is -2.93. The highest BCUT2D eigenvalue weighted by atomic mass is 16.5. The van der Waals surface area contributed by atoms with Gasteiger partial charge in [-0.05, 0) is 38.2 Å². The van der Waals surface area contributed by atoms with Crippen molar-refractivity contribution in [2.24, 2.45) is 0 Å². The van der Waals surface area contributed by atoms with Crippen molar-refractivity contribution in [3.05, 3.63) is 69.6 Å². The Balaban J connectivity index is 1.65. The molecular formula is C20H21N3O4. The standard InChI is InChI=1S/C20H21N3O4/c1-14-4-6-15(7-5-14)13-23(26)18(25)16-12-17(24)22-10-11-27-20(19(22)21-16)8-2-3-9-20/h4-7,10-12,26H,2-3,8-9,13H2,1H3. The summed E-state index contributed by atoms with van der Waals surface area (Å²) in [4.78, 5) is 29.6. The molecule has 1 amide bonds. The molecule has 1 aromatic carbocycles. The van der Waals surface area contributed by atoms with Crippen molar-refractivity contribution in [3.8, 4) is 0 Å². The molecule has 2 aliphatic rings.